The first-order valence-electron chi connectivity index (χ1n) is 18.0. The smallest absolute Gasteiger partial charge is 0.243 e. The zero-order valence-corrected chi connectivity index (χ0v) is 29.8. The molecule has 53 heavy (non-hydrogen) atoms. The summed E-state index contributed by atoms with van der Waals surface area (Å²) in [5.41, 5.74) is 8.24. The van der Waals surface area contributed by atoms with Gasteiger partial charge in [-0.15, -0.1) is 0 Å². The fourth-order valence-electron chi connectivity index (χ4n) is 6.66. The van der Waals surface area contributed by atoms with Crippen LogP contribution in [0.4, 0.5) is 0 Å². The monoisotopic (exact) mass is 707 g/mol. The number of carbonyl (C=O) groups is 4. The molecule has 6 aromatic carbocycles. The van der Waals surface area contributed by atoms with E-state index < -0.39 is 29.9 Å². The highest BCUT2D eigenvalue weighted by molar-refractivity contribution is 5.95. The van der Waals surface area contributed by atoms with Gasteiger partial charge in [-0.05, 0) is 62.0 Å². The maximum Gasteiger partial charge on any atom is 0.243 e. The average molecular weight is 708 g/mol. The zero-order valence-electron chi connectivity index (χ0n) is 29.8. The van der Waals surface area contributed by atoms with E-state index in [0.29, 0.717) is 19.5 Å². The minimum absolute atomic E-state index is 0.155. The van der Waals surface area contributed by atoms with E-state index in [1.165, 1.54) is 6.92 Å². The molecule has 6 rings (SSSR count). The van der Waals surface area contributed by atoms with Crippen LogP contribution < -0.4 is 27.0 Å². The third-order valence-corrected chi connectivity index (χ3v) is 9.40. The summed E-state index contributed by atoms with van der Waals surface area (Å²) < 4.78 is 0. The molecule has 0 aliphatic carbocycles. The van der Waals surface area contributed by atoms with Crippen molar-refractivity contribution in [3.8, 4) is 0 Å². The van der Waals surface area contributed by atoms with E-state index in [9.17, 15) is 19.2 Å². The van der Waals surface area contributed by atoms with E-state index in [0.717, 1.165) is 49.0 Å². The van der Waals surface area contributed by atoms with Gasteiger partial charge >= 0.3 is 0 Å². The van der Waals surface area contributed by atoms with E-state index in [-0.39, 0.29) is 31.1 Å². The van der Waals surface area contributed by atoms with Crippen molar-refractivity contribution in [3.63, 3.8) is 0 Å². The van der Waals surface area contributed by atoms with Gasteiger partial charge in [-0.2, -0.15) is 0 Å². The normalized spacial score (nSPS) is 12.9. The highest BCUT2D eigenvalue weighted by Gasteiger charge is 2.30. The standard InChI is InChI=1S/C44H45N5O4/c1-29(50)47-40(27-31-16-19-34-10-3-6-13-37(34)24-31)43(52)49-41(28-32-17-20-35-11-4-7-14-38(35)25-32)44(53)48-39(42(51)46-22-8-21-45)26-30-15-18-33-9-2-5-12-36(33)23-30/h2-7,9-20,23-25,39-41H,8,21-22,26-28,45H2,1H3,(H,46,51)(H,47,50)(H,48,53)(H,49,52)/t39-,40?,41-/m0/s1. The van der Waals surface area contributed by atoms with Gasteiger partial charge in [0.05, 0.1) is 0 Å². The predicted molar refractivity (Wildman–Crippen MR) is 211 cm³/mol. The van der Waals surface area contributed by atoms with E-state index in [2.05, 4.69) is 21.3 Å². The van der Waals surface area contributed by atoms with Crippen molar-refractivity contribution in [2.75, 3.05) is 13.1 Å². The zero-order chi connectivity index (χ0) is 37.2. The Bertz CT molecular complexity index is 2250. The molecule has 0 bridgehead atoms. The molecule has 9 heteroatoms. The van der Waals surface area contributed by atoms with Crippen molar-refractivity contribution in [1.29, 1.82) is 0 Å². The van der Waals surface area contributed by atoms with Gasteiger partial charge in [-0.1, -0.05) is 127 Å². The van der Waals surface area contributed by atoms with Crippen molar-refractivity contribution in [1.82, 2.24) is 21.3 Å². The number of amides is 4. The maximum atomic E-state index is 14.3. The fraction of sp³-hybridized carbons (Fsp3) is 0.227. The van der Waals surface area contributed by atoms with Gasteiger partial charge in [0.2, 0.25) is 23.6 Å². The molecule has 0 saturated heterocycles. The molecular weight excluding hydrogens is 663 g/mol. The first kappa shape index (κ1) is 36.7. The molecule has 0 spiro atoms. The van der Waals surface area contributed by atoms with E-state index in [1.807, 2.05) is 127 Å². The lowest BCUT2D eigenvalue weighted by Crippen LogP contribution is -2.58. The van der Waals surface area contributed by atoms with Crippen molar-refractivity contribution in [3.05, 3.63) is 144 Å². The number of hydrogen-bond acceptors (Lipinski definition) is 5. The molecule has 6 aromatic rings. The van der Waals surface area contributed by atoms with Gasteiger partial charge < -0.3 is 27.0 Å². The number of nitrogens with one attached hydrogen (secondary N) is 4. The van der Waals surface area contributed by atoms with Crippen LogP contribution in [0, 0.1) is 0 Å². The SMILES string of the molecule is CC(=O)NC(Cc1ccc2ccccc2c1)C(=O)N[C@@H](Cc1ccc2ccccc2c1)C(=O)N[C@@H](Cc1ccc2ccccc2c1)C(=O)NCCCN. The number of fused-ring (bicyclic) bond motifs is 3. The van der Waals surface area contributed by atoms with E-state index >= 15 is 0 Å². The summed E-state index contributed by atoms with van der Waals surface area (Å²) in [4.78, 5) is 54.4. The van der Waals surface area contributed by atoms with Crippen LogP contribution in [0.15, 0.2) is 127 Å². The van der Waals surface area contributed by atoms with Crippen LogP contribution in [0.2, 0.25) is 0 Å². The first-order valence-corrected chi connectivity index (χ1v) is 18.0. The van der Waals surface area contributed by atoms with Crippen molar-refractivity contribution < 1.29 is 19.2 Å². The molecule has 4 amide bonds. The number of nitrogens with two attached hydrogens (primary N) is 1. The second-order valence-corrected chi connectivity index (χ2v) is 13.5. The largest absolute Gasteiger partial charge is 0.354 e. The lowest BCUT2D eigenvalue weighted by atomic mass is 9.98. The van der Waals surface area contributed by atoms with Gasteiger partial charge in [0.15, 0.2) is 0 Å². The summed E-state index contributed by atoms with van der Waals surface area (Å²) in [5, 5.41) is 17.8. The lowest BCUT2D eigenvalue weighted by Gasteiger charge is -2.26. The Hall–Kier alpha value is -6.06. The predicted octanol–water partition coefficient (Wildman–Crippen LogP) is 5.11. The van der Waals surface area contributed by atoms with Crippen LogP contribution in [0.3, 0.4) is 0 Å². The molecule has 0 fully saturated rings. The van der Waals surface area contributed by atoms with Crippen molar-refractivity contribution in [2.45, 2.75) is 50.7 Å². The first-order chi connectivity index (χ1) is 25.7. The second-order valence-electron chi connectivity index (χ2n) is 13.5. The number of benzene rings is 6. The van der Waals surface area contributed by atoms with Gasteiger partial charge in [-0.3, -0.25) is 19.2 Å². The molecule has 0 heterocycles. The third kappa shape index (κ3) is 9.84. The highest BCUT2D eigenvalue weighted by Crippen LogP contribution is 2.20. The molecule has 9 nitrogen and oxygen atoms in total. The summed E-state index contributed by atoms with van der Waals surface area (Å²) in [6, 6.07) is 38.6. The molecule has 0 radical (unpaired) electrons. The highest BCUT2D eigenvalue weighted by atomic mass is 16.2. The van der Waals surface area contributed by atoms with Gasteiger partial charge in [0, 0.05) is 32.7 Å². The molecule has 1 unspecified atom stereocenters. The van der Waals surface area contributed by atoms with Crippen LogP contribution in [0.1, 0.15) is 30.0 Å². The van der Waals surface area contributed by atoms with E-state index in [4.69, 9.17) is 5.73 Å². The number of carbonyl (C=O) groups excluding carboxylic acids is 4. The molecule has 3 atom stereocenters. The van der Waals surface area contributed by atoms with Crippen LogP contribution in [-0.4, -0.2) is 54.8 Å². The molecule has 6 N–H and O–H groups in total. The van der Waals surface area contributed by atoms with Crippen molar-refractivity contribution in [2.24, 2.45) is 5.73 Å². The summed E-state index contributed by atoms with van der Waals surface area (Å²) >= 11 is 0. The molecular formula is C44H45N5O4. The van der Waals surface area contributed by atoms with Gasteiger partial charge in [-0.25, -0.2) is 0 Å². The second kappa shape index (κ2) is 17.4. The van der Waals surface area contributed by atoms with E-state index in [1.54, 1.807) is 0 Å². The summed E-state index contributed by atoms with van der Waals surface area (Å²) in [6.07, 6.45) is 1.19. The maximum absolute atomic E-state index is 14.3. The van der Waals surface area contributed by atoms with Crippen LogP contribution >= 0.6 is 0 Å². The molecule has 0 aliphatic rings. The number of rotatable bonds is 15. The van der Waals surface area contributed by atoms with Crippen LogP contribution in [-0.2, 0) is 38.4 Å². The summed E-state index contributed by atoms with van der Waals surface area (Å²) in [6.45, 7) is 2.14. The summed E-state index contributed by atoms with van der Waals surface area (Å²) in [7, 11) is 0. The van der Waals surface area contributed by atoms with Gasteiger partial charge in [0.1, 0.15) is 18.1 Å². The van der Waals surface area contributed by atoms with Crippen molar-refractivity contribution >= 4 is 55.9 Å². The molecule has 0 aliphatic heterocycles. The molecule has 270 valence electrons. The Morgan fingerprint density at radius 2 is 0.849 bits per heavy atom. The minimum Gasteiger partial charge on any atom is -0.354 e. The van der Waals surface area contributed by atoms with Crippen LogP contribution in [0.25, 0.3) is 32.3 Å². The molecule has 0 saturated carbocycles. The Morgan fingerprint density at radius 3 is 1.23 bits per heavy atom. The molecule has 0 aromatic heterocycles. The quantitative estimate of drug-likeness (QED) is 0.0944. The fourth-order valence-corrected chi connectivity index (χ4v) is 6.66. The Kier molecular flexibility index (Phi) is 12.1. The Morgan fingerprint density at radius 1 is 0.491 bits per heavy atom. The topological polar surface area (TPSA) is 142 Å². The number of hydrogen-bond donors (Lipinski definition) is 5. The minimum atomic E-state index is -1.06. The lowest BCUT2D eigenvalue weighted by molar-refractivity contribution is -0.133. The van der Waals surface area contributed by atoms with Crippen LogP contribution in [0.5, 0.6) is 0 Å². The summed E-state index contributed by atoms with van der Waals surface area (Å²) in [5.74, 6) is -1.74. The third-order valence-electron chi connectivity index (χ3n) is 9.40. The average Bonchev–Trinajstić information content (AvgIpc) is 3.16. The Balaban J connectivity index is 1.28. The van der Waals surface area contributed by atoms with Gasteiger partial charge in [0.25, 0.3) is 0 Å². The Labute approximate surface area is 309 Å².